The van der Waals surface area contributed by atoms with Crippen molar-refractivity contribution in [3.8, 4) is 11.1 Å². The van der Waals surface area contributed by atoms with Gasteiger partial charge in [-0.3, -0.25) is 4.79 Å². The quantitative estimate of drug-likeness (QED) is 0.529. The largest absolute Gasteiger partial charge is 0.348 e. The fourth-order valence-corrected chi connectivity index (χ4v) is 3.43. The van der Waals surface area contributed by atoms with Gasteiger partial charge in [0.1, 0.15) is 6.04 Å². The highest BCUT2D eigenvalue weighted by Crippen LogP contribution is 2.23. The van der Waals surface area contributed by atoms with Gasteiger partial charge in [-0.25, -0.2) is 4.98 Å². The van der Waals surface area contributed by atoms with E-state index in [0.717, 1.165) is 16.6 Å². The van der Waals surface area contributed by atoms with Crippen molar-refractivity contribution in [3.05, 3.63) is 90.8 Å². The van der Waals surface area contributed by atoms with E-state index in [2.05, 4.69) is 46.7 Å². The zero-order valence-electron chi connectivity index (χ0n) is 16.0. The molecular weight excluding hydrogens is 346 g/mol. The molecule has 0 bridgehead atoms. The number of carbonyl (C=O) groups excluding carboxylic acids is 1. The number of benzene rings is 3. The Hall–Kier alpha value is -3.40. The topological polar surface area (TPSA) is 46.9 Å². The van der Waals surface area contributed by atoms with Crippen LogP contribution in [0.4, 0.5) is 0 Å². The number of rotatable bonds is 5. The van der Waals surface area contributed by atoms with Gasteiger partial charge in [0.15, 0.2) is 0 Å². The fourth-order valence-electron chi connectivity index (χ4n) is 3.43. The Morgan fingerprint density at radius 1 is 0.857 bits per heavy atom. The lowest BCUT2D eigenvalue weighted by atomic mass is 10.0. The summed E-state index contributed by atoms with van der Waals surface area (Å²) in [6.07, 6.45) is 1.73. The molecule has 0 saturated carbocycles. The van der Waals surface area contributed by atoms with Crippen molar-refractivity contribution >= 4 is 16.9 Å². The predicted molar refractivity (Wildman–Crippen MR) is 113 cm³/mol. The molecule has 4 nitrogen and oxygen atoms in total. The van der Waals surface area contributed by atoms with Gasteiger partial charge in [0, 0.05) is 0 Å². The molecule has 28 heavy (non-hydrogen) atoms. The van der Waals surface area contributed by atoms with Crippen LogP contribution in [-0.4, -0.2) is 15.5 Å². The van der Waals surface area contributed by atoms with E-state index in [0.29, 0.717) is 0 Å². The van der Waals surface area contributed by atoms with Crippen molar-refractivity contribution in [1.29, 1.82) is 0 Å². The van der Waals surface area contributed by atoms with Crippen molar-refractivity contribution < 1.29 is 4.79 Å². The zero-order chi connectivity index (χ0) is 19.5. The van der Waals surface area contributed by atoms with Gasteiger partial charge in [0.2, 0.25) is 5.91 Å². The maximum Gasteiger partial charge on any atom is 0.243 e. The summed E-state index contributed by atoms with van der Waals surface area (Å²) in [7, 11) is 0. The Kier molecular flexibility index (Phi) is 4.94. The highest BCUT2D eigenvalue weighted by atomic mass is 16.2. The number of aromatic nitrogens is 2. The van der Waals surface area contributed by atoms with Gasteiger partial charge in [-0.2, -0.15) is 0 Å². The first kappa shape index (κ1) is 18.0. The van der Waals surface area contributed by atoms with Gasteiger partial charge < -0.3 is 9.88 Å². The van der Waals surface area contributed by atoms with E-state index >= 15 is 0 Å². The smallest absolute Gasteiger partial charge is 0.243 e. The van der Waals surface area contributed by atoms with E-state index in [9.17, 15) is 4.79 Å². The summed E-state index contributed by atoms with van der Waals surface area (Å²) in [4.78, 5) is 17.2. The van der Waals surface area contributed by atoms with Gasteiger partial charge in [0.25, 0.3) is 0 Å². The molecule has 1 heterocycles. The molecule has 2 atom stereocenters. The van der Waals surface area contributed by atoms with E-state index in [4.69, 9.17) is 0 Å². The maximum atomic E-state index is 12.8. The number of nitrogens with one attached hydrogen (secondary N) is 1. The summed E-state index contributed by atoms with van der Waals surface area (Å²) in [6, 6.07) is 26.1. The number of amides is 1. The average Bonchev–Trinajstić information content (AvgIpc) is 3.18. The molecule has 4 rings (SSSR count). The normalized spacial score (nSPS) is 13.2. The molecule has 0 aliphatic carbocycles. The van der Waals surface area contributed by atoms with Gasteiger partial charge in [-0.15, -0.1) is 0 Å². The Morgan fingerprint density at radius 2 is 1.50 bits per heavy atom. The molecule has 0 aliphatic heterocycles. The third-order valence-corrected chi connectivity index (χ3v) is 5.15. The van der Waals surface area contributed by atoms with Crippen molar-refractivity contribution in [2.24, 2.45) is 0 Å². The number of nitrogens with zero attached hydrogens (tertiary/aromatic N) is 2. The van der Waals surface area contributed by atoms with Crippen LogP contribution in [0, 0.1) is 0 Å². The first-order chi connectivity index (χ1) is 13.6. The van der Waals surface area contributed by atoms with E-state index in [1.54, 1.807) is 6.33 Å². The summed E-state index contributed by atoms with van der Waals surface area (Å²) in [5.74, 6) is -0.0252. The van der Waals surface area contributed by atoms with E-state index < -0.39 is 0 Å². The van der Waals surface area contributed by atoms with E-state index in [-0.39, 0.29) is 18.0 Å². The molecule has 0 radical (unpaired) electrons. The Labute approximate surface area is 164 Å². The number of hydrogen-bond acceptors (Lipinski definition) is 2. The molecule has 140 valence electrons. The van der Waals surface area contributed by atoms with Gasteiger partial charge >= 0.3 is 0 Å². The molecule has 0 saturated heterocycles. The molecule has 0 fully saturated rings. The maximum absolute atomic E-state index is 12.8. The SMILES string of the molecule is CC(NC(=O)C(C)n1cnc2ccccc21)c1ccc(-c2ccccc2)cc1. The van der Waals surface area contributed by atoms with Gasteiger partial charge in [-0.1, -0.05) is 66.7 Å². The van der Waals surface area contributed by atoms with Crippen LogP contribution in [-0.2, 0) is 4.79 Å². The van der Waals surface area contributed by atoms with Crippen LogP contribution in [0.5, 0.6) is 0 Å². The van der Waals surface area contributed by atoms with Crippen LogP contribution in [0.2, 0.25) is 0 Å². The van der Waals surface area contributed by atoms with Crippen LogP contribution in [0.3, 0.4) is 0 Å². The van der Waals surface area contributed by atoms with Crippen molar-refractivity contribution in [3.63, 3.8) is 0 Å². The number of fused-ring (bicyclic) bond motifs is 1. The predicted octanol–water partition coefficient (Wildman–Crippen LogP) is 5.14. The van der Waals surface area contributed by atoms with E-state index in [1.165, 1.54) is 11.1 Å². The minimum Gasteiger partial charge on any atom is -0.348 e. The first-order valence-electron chi connectivity index (χ1n) is 9.51. The monoisotopic (exact) mass is 369 g/mol. The van der Waals surface area contributed by atoms with Crippen LogP contribution in [0.25, 0.3) is 22.2 Å². The van der Waals surface area contributed by atoms with Crippen LogP contribution >= 0.6 is 0 Å². The molecule has 3 aromatic carbocycles. The lowest BCUT2D eigenvalue weighted by Gasteiger charge is -2.19. The third-order valence-electron chi connectivity index (χ3n) is 5.15. The van der Waals surface area contributed by atoms with Crippen molar-refractivity contribution in [1.82, 2.24) is 14.9 Å². The number of imidazole rings is 1. The second-order valence-electron chi connectivity index (χ2n) is 7.03. The van der Waals surface area contributed by atoms with Crippen molar-refractivity contribution in [2.75, 3.05) is 0 Å². The summed E-state index contributed by atoms with van der Waals surface area (Å²) in [6.45, 7) is 3.91. The van der Waals surface area contributed by atoms with Gasteiger partial charge in [-0.05, 0) is 42.7 Å². The number of carbonyl (C=O) groups is 1. The molecule has 0 aliphatic rings. The highest BCUT2D eigenvalue weighted by molar-refractivity contribution is 5.83. The lowest BCUT2D eigenvalue weighted by molar-refractivity contribution is -0.124. The number of para-hydroxylation sites is 2. The zero-order valence-corrected chi connectivity index (χ0v) is 16.0. The highest BCUT2D eigenvalue weighted by Gasteiger charge is 2.19. The molecule has 4 heteroatoms. The standard InChI is InChI=1S/C24H23N3O/c1-17(19-12-14-21(15-13-19)20-8-4-3-5-9-20)26-24(28)18(2)27-16-25-22-10-6-7-11-23(22)27/h3-18H,1-2H3,(H,26,28). The van der Waals surface area contributed by atoms with Crippen LogP contribution in [0.1, 0.15) is 31.5 Å². The van der Waals surface area contributed by atoms with Crippen LogP contribution < -0.4 is 5.32 Å². The molecule has 4 aromatic rings. The van der Waals surface area contributed by atoms with Gasteiger partial charge in [0.05, 0.1) is 23.4 Å². The molecule has 1 N–H and O–H groups in total. The average molecular weight is 369 g/mol. The molecule has 1 amide bonds. The Balaban J connectivity index is 1.47. The van der Waals surface area contributed by atoms with E-state index in [1.807, 2.05) is 60.9 Å². The fraction of sp³-hybridized carbons (Fsp3) is 0.167. The summed E-state index contributed by atoms with van der Waals surface area (Å²) >= 11 is 0. The third kappa shape index (κ3) is 3.54. The summed E-state index contributed by atoms with van der Waals surface area (Å²) < 4.78 is 1.91. The molecule has 2 unspecified atom stereocenters. The van der Waals surface area contributed by atoms with Crippen LogP contribution in [0.15, 0.2) is 85.2 Å². The minimum absolute atomic E-state index is 0.0252. The first-order valence-corrected chi connectivity index (χ1v) is 9.51. The Bertz CT molecular complexity index is 1080. The molecule has 1 aromatic heterocycles. The number of hydrogen-bond donors (Lipinski definition) is 1. The second-order valence-corrected chi connectivity index (χ2v) is 7.03. The Morgan fingerprint density at radius 3 is 2.25 bits per heavy atom. The second kappa shape index (κ2) is 7.69. The molecule has 0 spiro atoms. The molecular formula is C24H23N3O. The van der Waals surface area contributed by atoms with Crippen molar-refractivity contribution in [2.45, 2.75) is 25.9 Å². The summed E-state index contributed by atoms with van der Waals surface area (Å²) in [5.41, 5.74) is 5.29. The summed E-state index contributed by atoms with van der Waals surface area (Å²) in [5, 5.41) is 3.12. The minimum atomic E-state index is -0.335. The lowest BCUT2D eigenvalue weighted by Crippen LogP contribution is -2.32.